The normalized spacial score (nSPS) is 17.3. The first-order valence-electron chi connectivity index (χ1n) is 6.87. The molecule has 1 aliphatic heterocycles. The monoisotopic (exact) mass is 318 g/mol. The van der Waals surface area contributed by atoms with Gasteiger partial charge in [0.2, 0.25) is 5.91 Å². The van der Waals surface area contributed by atoms with E-state index in [0.717, 1.165) is 26.1 Å². The minimum Gasteiger partial charge on any atom is -0.381 e. The van der Waals surface area contributed by atoms with Gasteiger partial charge in [-0.3, -0.25) is 4.79 Å². The number of thiophene rings is 1. The molecule has 0 spiro atoms. The smallest absolute Gasteiger partial charge is 0.240 e. The molecule has 1 saturated heterocycles. The fourth-order valence-corrected chi connectivity index (χ4v) is 3.14. The number of hydrogen-bond donors (Lipinski definition) is 1. The Labute approximate surface area is 130 Å². The van der Waals surface area contributed by atoms with Crippen molar-refractivity contribution in [3.8, 4) is 0 Å². The summed E-state index contributed by atoms with van der Waals surface area (Å²) in [5, 5.41) is 2.03. The van der Waals surface area contributed by atoms with E-state index in [0.29, 0.717) is 13.1 Å². The molecule has 1 fully saturated rings. The predicted molar refractivity (Wildman–Crippen MR) is 84.2 cm³/mol. The van der Waals surface area contributed by atoms with E-state index in [1.807, 2.05) is 23.3 Å². The lowest BCUT2D eigenvalue weighted by atomic mass is 9.91. The molecule has 1 aromatic heterocycles. The van der Waals surface area contributed by atoms with Crippen molar-refractivity contribution in [3.05, 3.63) is 22.4 Å². The lowest BCUT2D eigenvalue weighted by Gasteiger charge is -2.31. The van der Waals surface area contributed by atoms with Gasteiger partial charge < -0.3 is 15.4 Å². The highest BCUT2D eigenvalue weighted by Crippen LogP contribution is 2.20. The van der Waals surface area contributed by atoms with Crippen LogP contribution in [0.25, 0.3) is 0 Å². The Morgan fingerprint density at radius 3 is 2.80 bits per heavy atom. The summed E-state index contributed by atoms with van der Waals surface area (Å²) in [5.74, 6) is 0.335. The Morgan fingerprint density at radius 2 is 2.25 bits per heavy atom. The van der Waals surface area contributed by atoms with Crippen LogP contribution in [0.5, 0.6) is 0 Å². The van der Waals surface area contributed by atoms with E-state index in [9.17, 15) is 4.79 Å². The topological polar surface area (TPSA) is 55.6 Å². The Bertz CT molecular complexity index is 394. The minimum absolute atomic E-state index is 0. The number of carbonyl (C=O) groups is 1. The van der Waals surface area contributed by atoms with E-state index in [2.05, 4.69) is 6.07 Å². The molecule has 0 saturated carbocycles. The van der Waals surface area contributed by atoms with Crippen molar-refractivity contribution in [2.75, 3.05) is 19.8 Å². The predicted octanol–water partition coefficient (Wildman–Crippen LogP) is 2.27. The number of nitrogens with zero attached hydrogens (tertiary/aromatic N) is 1. The maximum Gasteiger partial charge on any atom is 0.240 e. The van der Waals surface area contributed by atoms with Crippen LogP contribution in [-0.4, -0.2) is 36.6 Å². The summed E-state index contributed by atoms with van der Waals surface area (Å²) in [6.07, 6.45) is 1.78. The maximum absolute atomic E-state index is 12.5. The maximum atomic E-state index is 12.5. The van der Waals surface area contributed by atoms with Gasteiger partial charge in [0, 0.05) is 24.6 Å². The van der Waals surface area contributed by atoms with E-state index in [-0.39, 0.29) is 30.3 Å². The van der Waals surface area contributed by atoms with E-state index < -0.39 is 0 Å². The van der Waals surface area contributed by atoms with Crippen LogP contribution < -0.4 is 5.73 Å². The summed E-state index contributed by atoms with van der Waals surface area (Å²) in [6.45, 7) is 4.82. The summed E-state index contributed by atoms with van der Waals surface area (Å²) in [4.78, 5) is 15.5. The molecule has 6 heteroatoms. The molecule has 1 unspecified atom stereocenters. The summed E-state index contributed by atoms with van der Waals surface area (Å²) in [5.41, 5.74) is 6.15. The number of halogens is 1. The standard InChI is InChI=1S/C14H22N2O2S.ClH/c1-2-16(10-12-4-3-9-19-12)14(17)13(15)11-5-7-18-8-6-11;/h3-4,9,11,13H,2,5-8,10,15H2,1H3;1H. The van der Waals surface area contributed by atoms with E-state index in [1.54, 1.807) is 11.3 Å². The second-order valence-corrected chi connectivity index (χ2v) is 5.94. The number of likely N-dealkylation sites (N-methyl/N-ethyl adjacent to an activating group) is 1. The lowest BCUT2D eigenvalue weighted by Crippen LogP contribution is -2.48. The third-order valence-corrected chi connectivity index (χ3v) is 4.54. The van der Waals surface area contributed by atoms with Gasteiger partial charge in [-0.05, 0) is 37.1 Å². The fraction of sp³-hybridized carbons (Fsp3) is 0.643. The van der Waals surface area contributed by atoms with Crippen molar-refractivity contribution in [3.63, 3.8) is 0 Å². The fourth-order valence-electron chi connectivity index (χ4n) is 2.42. The molecular weight excluding hydrogens is 296 g/mol. The molecule has 2 heterocycles. The molecule has 1 aliphatic rings. The Hall–Kier alpha value is -0.620. The van der Waals surface area contributed by atoms with Crippen molar-refractivity contribution < 1.29 is 9.53 Å². The average molecular weight is 319 g/mol. The van der Waals surface area contributed by atoms with E-state index in [4.69, 9.17) is 10.5 Å². The van der Waals surface area contributed by atoms with E-state index >= 15 is 0 Å². The summed E-state index contributed by atoms with van der Waals surface area (Å²) in [7, 11) is 0. The molecular formula is C14H23ClN2O2S. The molecule has 1 aromatic rings. The van der Waals surface area contributed by atoms with Crippen molar-refractivity contribution in [2.24, 2.45) is 11.7 Å². The SMILES string of the molecule is CCN(Cc1cccs1)C(=O)C(N)C1CCOCC1.Cl. The first kappa shape index (κ1) is 17.4. The zero-order chi connectivity index (χ0) is 13.7. The van der Waals surface area contributed by atoms with Gasteiger partial charge in [-0.15, -0.1) is 23.7 Å². The van der Waals surface area contributed by atoms with Crippen LogP contribution in [0, 0.1) is 5.92 Å². The quantitative estimate of drug-likeness (QED) is 0.906. The van der Waals surface area contributed by atoms with Crippen LogP contribution in [0.3, 0.4) is 0 Å². The van der Waals surface area contributed by atoms with Gasteiger partial charge >= 0.3 is 0 Å². The molecule has 2 rings (SSSR count). The number of amides is 1. The molecule has 1 atom stereocenters. The molecule has 0 bridgehead atoms. The van der Waals surface area contributed by atoms with Crippen molar-refractivity contribution in [1.82, 2.24) is 4.90 Å². The molecule has 0 radical (unpaired) electrons. The second-order valence-electron chi connectivity index (χ2n) is 4.91. The Kier molecular flexibility index (Phi) is 7.51. The third kappa shape index (κ3) is 4.45. The van der Waals surface area contributed by atoms with Crippen LogP contribution in [-0.2, 0) is 16.1 Å². The highest BCUT2D eigenvalue weighted by Gasteiger charge is 2.29. The molecule has 1 amide bonds. The number of nitrogens with two attached hydrogens (primary N) is 1. The minimum atomic E-state index is -0.385. The molecule has 0 aromatic carbocycles. The van der Waals surface area contributed by atoms with Crippen molar-refractivity contribution in [2.45, 2.75) is 32.4 Å². The van der Waals surface area contributed by atoms with Gasteiger partial charge in [0.15, 0.2) is 0 Å². The van der Waals surface area contributed by atoms with Crippen molar-refractivity contribution in [1.29, 1.82) is 0 Å². The highest BCUT2D eigenvalue weighted by molar-refractivity contribution is 7.09. The van der Waals surface area contributed by atoms with Crippen molar-refractivity contribution >= 4 is 29.7 Å². The first-order valence-corrected chi connectivity index (χ1v) is 7.74. The summed E-state index contributed by atoms with van der Waals surface area (Å²) >= 11 is 1.68. The Morgan fingerprint density at radius 1 is 1.55 bits per heavy atom. The van der Waals surface area contributed by atoms with Gasteiger partial charge in [0.1, 0.15) is 0 Å². The molecule has 2 N–H and O–H groups in total. The van der Waals surface area contributed by atoms with Crippen LogP contribution in [0.2, 0.25) is 0 Å². The van der Waals surface area contributed by atoms with Gasteiger partial charge in [-0.25, -0.2) is 0 Å². The van der Waals surface area contributed by atoms with Crippen LogP contribution in [0.15, 0.2) is 17.5 Å². The zero-order valence-electron chi connectivity index (χ0n) is 11.8. The van der Waals surface area contributed by atoms with Gasteiger partial charge in [-0.2, -0.15) is 0 Å². The molecule has 0 aliphatic carbocycles. The second kappa shape index (κ2) is 8.62. The molecule has 114 valence electrons. The first-order chi connectivity index (χ1) is 9.22. The van der Waals surface area contributed by atoms with Crippen LogP contribution >= 0.6 is 23.7 Å². The van der Waals surface area contributed by atoms with Gasteiger partial charge in [-0.1, -0.05) is 6.07 Å². The highest BCUT2D eigenvalue weighted by atomic mass is 35.5. The molecule has 4 nitrogen and oxygen atoms in total. The number of rotatable bonds is 5. The molecule has 20 heavy (non-hydrogen) atoms. The van der Waals surface area contributed by atoms with Gasteiger partial charge in [0.05, 0.1) is 12.6 Å². The Balaban J connectivity index is 0.00000200. The van der Waals surface area contributed by atoms with E-state index in [1.165, 1.54) is 4.88 Å². The number of ether oxygens (including phenoxy) is 1. The van der Waals surface area contributed by atoms with Crippen LogP contribution in [0.1, 0.15) is 24.6 Å². The van der Waals surface area contributed by atoms with Gasteiger partial charge in [0.25, 0.3) is 0 Å². The lowest BCUT2D eigenvalue weighted by molar-refractivity contribution is -0.135. The number of hydrogen-bond acceptors (Lipinski definition) is 4. The summed E-state index contributed by atoms with van der Waals surface area (Å²) in [6, 6.07) is 3.68. The average Bonchev–Trinajstić information content (AvgIpc) is 2.97. The summed E-state index contributed by atoms with van der Waals surface area (Å²) < 4.78 is 5.32. The zero-order valence-corrected chi connectivity index (χ0v) is 13.4. The third-order valence-electron chi connectivity index (χ3n) is 3.68. The largest absolute Gasteiger partial charge is 0.381 e. The number of carbonyl (C=O) groups excluding carboxylic acids is 1. The van der Waals surface area contributed by atoms with Crippen LogP contribution in [0.4, 0.5) is 0 Å².